The van der Waals surface area contributed by atoms with Gasteiger partial charge in [-0.15, -0.1) is 0 Å². The highest BCUT2D eigenvalue weighted by atomic mass is 16.3. The zero-order chi connectivity index (χ0) is 20.4. The van der Waals surface area contributed by atoms with Crippen LogP contribution >= 0.6 is 0 Å². The fourth-order valence-corrected chi connectivity index (χ4v) is 5.23. The van der Waals surface area contributed by atoms with Crippen LogP contribution < -0.4 is 4.57 Å². The van der Waals surface area contributed by atoms with Crippen molar-refractivity contribution in [3.63, 3.8) is 0 Å². The maximum absolute atomic E-state index is 6.42. The molecule has 4 heteroatoms. The Morgan fingerprint density at radius 1 is 0.967 bits per heavy atom. The number of hydrogen-bond acceptors (Lipinski definition) is 2. The van der Waals surface area contributed by atoms with Crippen molar-refractivity contribution in [2.75, 3.05) is 0 Å². The lowest BCUT2D eigenvalue weighted by Crippen LogP contribution is -2.37. The van der Waals surface area contributed by atoms with Gasteiger partial charge in [0, 0.05) is 22.0 Å². The molecule has 0 saturated heterocycles. The van der Waals surface area contributed by atoms with Crippen molar-refractivity contribution in [2.24, 2.45) is 7.05 Å². The summed E-state index contributed by atoms with van der Waals surface area (Å²) in [5.74, 6) is 1.23. The number of benzene rings is 2. The van der Waals surface area contributed by atoms with E-state index in [-0.39, 0.29) is 0 Å². The van der Waals surface area contributed by atoms with E-state index >= 15 is 0 Å². The maximum atomic E-state index is 6.42. The molecule has 0 N–H and O–H groups in total. The van der Waals surface area contributed by atoms with Gasteiger partial charge < -0.3 is 4.42 Å². The Kier molecular flexibility index (Phi) is 3.79. The first-order valence-electron chi connectivity index (χ1n) is 10.9. The fourth-order valence-electron chi connectivity index (χ4n) is 5.23. The van der Waals surface area contributed by atoms with Crippen molar-refractivity contribution in [1.82, 2.24) is 9.55 Å². The molecule has 2 aromatic carbocycles. The fraction of sp³-hybridized carbons (Fsp3) is 0.308. The average Bonchev–Trinajstić information content (AvgIpc) is 3.21. The van der Waals surface area contributed by atoms with Gasteiger partial charge in [0.05, 0.1) is 13.6 Å². The Morgan fingerprint density at radius 3 is 2.73 bits per heavy atom. The van der Waals surface area contributed by atoms with Crippen molar-refractivity contribution in [3.8, 4) is 11.4 Å². The molecule has 0 radical (unpaired) electrons. The molecular weight excluding hydrogens is 370 g/mol. The summed E-state index contributed by atoms with van der Waals surface area (Å²) in [5, 5.41) is 2.23. The van der Waals surface area contributed by atoms with E-state index in [1.165, 1.54) is 52.8 Å². The second-order valence-electron chi connectivity index (χ2n) is 8.67. The molecular formula is C26H26N3O+. The van der Waals surface area contributed by atoms with Crippen LogP contribution in [0.1, 0.15) is 36.1 Å². The van der Waals surface area contributed by atoms with Crippen LogP contribution in [-0.4, -0.2) is 9.55 Å². The monoisotopic (exact) mass is 396 g/mol. The highest BCUT2D eigenvalue weighted by molar-refractivity contribution is 6.08. The summed E-state index contributed by atoms with van der Waals surface area (Å²) in [6, 6.07) is 15.4. The summed E-state index contributed by atoms with van der Waals surface area (Å²) in [6.45, 7) is 5.24. The molecule has 0 bridgehead atoms. The van der Waals surface area contributed by atoms with Crippen molar-refractivity contribution >= 4 is 33.1 Å². The van der Waals surface area contributed by atoms with E-state index in [1.807, 2.05) is 6.92 Å². The minimum Gasteiger partial charge on any atom is -0.437 e. The minimum atomic E-state index is 0.726. The molecule has 4 heterocycles. The topological polar surface area (TPSA) is 34.8 Å². The minimum absolute atomic E-state index is 0.726. The SMILES string of the molecule is Cc1ccc2c(n1)oc1c(-c3n(C)c4cccc5c4[n+]3CCCCC5)c(C)ccc12. The summed E-state index contributed by atoms with van der Waals surface area (Å²) in [7, 11) is 2.19. The van der Waals surface area contributed by atoms with Crippen LogP contribution in [0.2, 0.25) is 0 Å². The quantitative estimate of drug-likeness (QED) is 0.337. The predicted octanol–water partition coefficient (Wildman–Crippen LogP) is 5.77. The number of pyridine rings is 1. The lowest BCUT2D eigenvalue weighted by atomic mass is 10.0. The molecule has 4 nitrogen and oxygen atoms in total. The summed E-state index contributed by atoms with van der Waals surface area (Å²) in [5.41, 5.74) is 9.21. The Morgan fingerprint density at radius 2 is 1.83 bits per heavy atom. The van der Waals surface area contributed by atoms with Gasteiger partial charge in [0.25, 0.3) is 5.82 Å². The highest BCUT2D eigenvalue weighted by Crippen LogP contribution is 2.38. The van der Waals surface area contributed by atoms with E-state index in [0.29, 0.717) is 0 Å². The molecule has 0 unspecified atom stereocenters. The van der Waals surface area contributed by atoms with E-state index in [2.05, 4.69) is 70.6 Å². The van der Waals surface area contributed by atoms with Gasteiger partial charge in [-0.3, -0.25) is 0 Å². The molecule has 5 aromatic rings. The number of imidazole rings is 1. The molecule has 1 aliphatic heterocycles. The maximum Gasteiger partial charge on any atom is 0.293 e. The normalized spacial score (nSPS) is 14.5. The molecule has 150 valence electrons. The van der Waals surface area contributed by atoms with Gasteiger partial charge in [-0.1, -0.05) is 24.3 Å². The van der Waals surface area contributed by atoms with E-state index in [0.717, 1.165) is 40.7 Å². The van der Waals surface area contributed by atoms with Crippen LogP contribution in [0.3, 0.4) is 0 Å². The second kappa shape index (κ2) is 6.43. The van der Waals surface area contributed by atoms with E-state index in [1.54, 1.807) is 0 Å². The predicted molar refractivity (Wildman–Crippen MR) is 121 cm³/mol. The second-order valence-corrected chi connectivity index (χ2v) is 8.67. The van der Waals surface area contributed by atoms with Gasteiger partial charge in [-0.2, -0.15) is 0 Å². The van der Waals surface area contributed by atoms with Crippen LogP contribution in [0, 0.1) is 13.8 Å². The Balaban J connectivity index is 1.76. The number of hydrogen-bond donors (Lipinski definition) is 0. The standard InChI is InChI=1S/C26H26N3O/c1-16-11-13-19-20-14-12-17(2)27-25(20)30-24(19)22(16)26-28(3)21-10-7-9-18-8-5-4-6-15-29(26)23(18)21/h7,9-14H,4-6,8,15H2,1-3H3/q+1. The smallest absolute Gasteiger partial charge is 0.293 e. The molecule has 0 fully saturated rings. The molecule has 30 heavy (non-hydrogen) atoms. The number of furan rings is 1. The zero-order valence-electron chi connectivity index (χ0n) is 17.8. The number of para-hydroxylation sites is 1. The number of aromatic nitrogens is 3. The first kappa shape index (κ1) is 17.7. The molecule has 6 rings (SSSR count). The van der Waals surface area contributed by atoms with Crippen LogP contribution in [-0.2, 0) is 20.0 Å². The van der Waals surface area contributed by atoms with E-state index in [9.17, 15) is 0 Å². The van der Waals surface area contributed by atoms with Gasteiger partial charge in [0.1, 0.15) is 5.56 Å². The van der Waals surface area contributed by atoms with Crippen molar-refractivity contribution in [2.45, 2.75) is 46.1 Å². The summed E-state index contributed by atoms with van der Waals surface area (Å²) in [4.78, 5) is 4.66. The zero-order valence-corrected chi connectivity index (χ0v) is 17.8. The lowest BCUT2D eigenvalue weighted by Gasteiger charge is -2.10. The van der Waals surface area contributed by atoms with Crippen LogP contribution in [0.15, 0.2) is 46.9 Å². The highest BCUT2D eigenvalue weighted by Gasteiger charge is 2.30. The van der Waals surface area contributed by atoms with Gasteiger partial charge in [-0.25, -0.2) is 14.1 Å². The number of aryl methyl sites for hydroxylation is 5. The van der Waals surface area contributed by atoms with Gasteiger partial charge >= 0.3 is 0 Å². The third kappa shape index (κ3) is 2.40. The third-order valence-corrected chi connectivity index (χ3v) is 6.71. The van der Waals surface area contributed by atoms with Crippen molar-refractivity contribution in [1.29, 1.82) is 0 Å². The molecule has 1 aliphatic rings. The molecule has 0 aliphatic carbocycles. The van der Waals surface area contributed by atoms with Crippen molar-refractivity contribution in [3.05, 3.63) is 59.3 Å². The Hall–Kier alpha value is -3.14. The first-order chi connectivity index (χ1) is 14.6. The molecule has 0 spiro atoms. The largest absolute Gasteiger partial charge is 0.437 e. The molecule has 0 atom stereocenters. The van der Waals surface area contributed by atoms with E-state index in [4.69, 9.17) is 4.42 Å². The number of fused-ring (bicyclic) bond motifs is 3. The van der Waals surface area contributed by atoms with E-state index < -0.39 is 0 Å². The Labute approximate surface area is 175 Å². The Bertz CT molecular complexity index is 1450. The van der Waals surface area contributed by atoms with Crippen LogP contribution in [0.4, 0.5) is 0 Å². The molecule has 0 saturated carbocycles. The third-order valence-electron chi connectivity index (χ3n) is 6.71. The first-order valence-corrected chi connectivity index (χ1v) is 10.9. The number of nitrogens with zero attached hydrogens (tertiary/aromatic N) is 3. The van der Waals surface area contributed by atoms with Gasteiger partial charge in [0.2, 0.25) is 5.71 Å². The van der Waals surface area contributed by atoms with Gasteiger partial charge in [0.15, 0.2) is 16.6 Å². The summed E-state index contributed by atoms with van der Waals surface area (Å²) in [6.07, 6.45) is 4.90. The lowest BCUT2D eigenvalue weighted by molar-refractivity contribution is -0.662. The number of rotatable bonds is 1. The molecule has 0 amide bonds. The molecule has 3 aromatic heterocycles. The van der Waals surface area contributed by atoms with Crippen molar-refractivity contribution < 1.29 is 8.98 Å². The van der Waals surface area contributed by atoms with Gasteiger partial charge in [-0.05, 0) is 63.3 Å². The summed E-state index contributed by atoms with van der Waals surface area (Å²) < 4.78 is 11.3. The van der Waals surface area contributed by atoms with Crippen LogP contribution in [0.25, 0.3) is 44.5 Å². The average molecular weight is 397 g/mol. The summed E-state index contributed by atoms with van der Waals surface area (Å²) >= 11 is 0. The van der Waals surface area contributed by atoms with Crippen LogP contribution in [0.5, 0.6) is 0 Å².